The van der Waals surface area contributed by atoms with Gasteiger partial charge in [-0.15, -0.1) is 0 Å². The Morgan fingerprint density at radius 1 is 1.18 bits per heavy atom. The Labute approximate surface area is 239 Å². The lowest BCUT2D eigenvalue weighted by atomic mass is 9.68. The van der Waals surface area contributed by atoms with Gasteiger partial charge in [-0.3, -0.25) is 9.52 Å². The molecule has 208 valence electrons. The van der Waals surface area contributed by atoms with Gasteiger partial charge in [0.05, 0.1) is 24.5 Å². The van der Waals surface area contributed by atoms with Crippen LogP contribution < -0.4 is 14.4 Å². The van der Waals surface area contributed by atoms with Crippen LogP contribution in [0.3, 0.4) is 0 Å². The number of ether oxygens (including phenoxy) is 1. The number of rotatable bonds is 0. The monoisotopic (exact) mass is 568 g/mol. The predicted octanol–water partition coefficient (Wildman–Crippen LogP) is 5.29. The van der Waals surface area contributed by atoms with E-state index in [1.54, 1.807) is 0 Å². The largest absolute Gasteiger partial charge is 0.490 e. The summed E-state index contributed by atoms with van der Waals surface area (Å²) < 4.78 is 9.48. The number of nitrogens with zero attached hydrogens (tertiary/aromatic N) is 1. The molecule has 2 aromatic carbocycles. The second-order valence-corrected chi connectivity index (χ2v) is 13.4. The Morgan fingerprint density at radius 2 is 2.05 bits per heavy atom. The smallest absolute Gasteiger partial charge is 0.261 e. The van der Waals surface area contributed by atoms with E-state index in [1.165, 1.54) is 23.1 Å². The molecule has 2 aromatic rings. The molecule has 2 aliphatic heterocycles. The first-order chi connectivity index (χ1) is 18.8. The van der Waals surface area contributed by atoms with E-state index in [-0.39, 0.29) is 22.5 Å². The normalized spacial score (nSPS) is 33.6. The van der Waals surface area contributed by atoms with Crippen molar-refractivity contribution < 1.29 is 19.7 Å². The lowest BCUT2D eigenvalue weighted by Gasteiger charge is -2.45. The van der Waals surface area contributed by atoms with Crippen molar-refractivity contribution in [2.24, 2.45) is 11.8 Å². The molecule has 3 N–H and O–H groups in total. The topological polar surface area (TPSA) is 82.0 Å². The number of amides is 1. The number of halogens is 1. The minimum Gasteiger partial charge on any atom is -0.490 e. The highest BCUT2D eigenvalue weighted by Crippen LogP contribution is 2.46. The highest BCUT2D eigenvalue weighted by atomic mass is 35.5. The molecule has 0 saturated heterocycles. The Morgan fingerprint density at radius 3 is 2.87 bits per heavy atom. The number of anilines is 1. The van der Waals surface area contributed by atoms with Crippen molar-refractivity contribution >= 4 is 35.1 Å². The molecule has 39 heavy (non-hydrogen) atoms. The highest BCUT2D eigenvalue weighted by Gasteiger charge is 2.44. The minimum absolute atomic E-state index is 0.172. The first-order valence-electron chi connectivity index (χ1n) is 14.1. The van der Waals surface area contributed by atoms with E-state index in [4.69, 9.17) is 16.3 Å². The van der Waals surface area contributed by atoms with Crippen molar-refractivity contribution in [3.8, 4) is 5.75 Å². The molecule has 1 fully saturated rings. The summed E-state index contributed by atoms with van der Waals surface area (Å²) in [6.45, 7) is 4.04. The van der Waals surface area contributed by atoms with Gasteiger partial charge in [-0.05, 0) is 111 Å². The fraction of sp³-hybridized carbons (Fsp3) is 0.516. The predicted molar refractivity (Wildman–Crippen MR) is 157 cm³/mol. The summed E-state index contributed by atoms with van der Waals surface area (Å²) in [4.78, 5) is 15.6. The van der Waals surface area contributed by atoms with Crippen LogP contribution in [-0.2, 0) is 11.8 Å². The van der Waals surface area contributed by atoms with Crippen LogP contribution in [0.1, 0.15) is 60.5 Å². The zero-order valence-corrected chi connectivity index (χ0v) is 23.9. The van der Waals surface area contributed by atoms with Crippen molar-refractivity contribution in [2.45, 2.75) is 68.3 Å². The van der Waals surface area contributed by atoms with Gasteiger partial charge in [0.2, 0.25) is 0 Å². The van der Waals surface area contributed by atoms with Crippen molar-refractivity contribution in [1.82, 2.24) is 4.72 Å². The van der Waals surface area contributed by atoms with Gasteiger partial charge in [0.25, 0.3) is 5.91 Å². The molecular formula is C31H37ClN2O4S. The number of hydrogen-bond donors (Lipinski definition) is 3. The molecule has 4 aliphatic rings. The fourth-order valence-electron chi connectivity index (χ4n) is 6.79. The number of nitrogens with one attached hydrogen (secondary N) is 1. The molecule has 0 unspecified atom stereocenters. The number of fused-ring (bicyclic) bond motifs is 4. The molecule has 2 bridgehead atoms. The molecule has 1 amide bonds. The summed E-state index contributed by atoms with van der Waals surface area (Å²) in [5.74, 6) is 1.10. The molecule has 6 atom stereocenters. The second kappa shape index (κ2) is 11.0. The van der Waals surface area contributed by atoms with E-state index in [0.717, 1.165) is 61.7 Å². The van der Waals surface area contributed by atoms with Crippen LogP contribution in [0, 0.1) is 11.8 Å². The third kappa shape index (κ3) is 5.31. The number of aliphatic hydroxyl groups excluding tert-OH is 2. The molecule has 1 saturated carbocycles. The summed E-state index contributed by atoms with van der Waals surface area (Å²) in [5, 5.41) is 22.1. The number of hydrogen-bond acceptors (Lipinski definition) is 6. The van der Waals surface area contributed by atoms with Gasteiger partial charge in [-0.1, -0.05) is 29.8 Å². The van der Waals surface area contributed by atoms with Crippen molar-refractivity contribution in [1.29, 1.82) is 0 Å². The number of carbonyl (C=O) groups is 1. The van der Waals surface area contributed by atoms with E-state index in [2.05, 4.69) is 21.8 Å². The van der Waals surface area contributed by atoms with E-state index < -0.39 is 12.2 Å². The maximum Gasteiger partial charge on any atom is 0.261 e. The summed E-state index contributed by atoms with van der Waals surface area (Å²) in [7, 11) is 0. The Bertz CT molecular complexity index is 1270. The quantitative estimate of drug-likeness (QED) is 0.296. The Hall–Kier alpha value is -2.19. The van der Waals surface area contributed by atoms with Gasteiger partial charge in [0.15, 0.2) is 0 Å². The maximum atomic E-state index is 13.2. The van der Waals surface area contributed by atoms with Gasteiger partial charge in [0.1, 0.15) is 5.75 Å². The number of aliphatic hydroxyl groups is 2. The fourth-order valence-corrected chi connectivity index (χ4v) is 7.66. The zero-order chi connectivity index (χ0) is 27.1. The van der Waals surface area contributed by atoms with Gasteiger partial charge in [-0.25, -0.2) is 0 Å². The molecular weight excluding hydrogens is 532 g/mol. The Balaban J connectivity index is 1.39. The van der Waals surface area contributed by atoms with Crippen LogP contribution >= 0.6 is 23.5 Å². The molecule has 2 aliphatic carbocycles. The van der Waals surface area contributed by atoms with Crippen molar-refractivity contribution in [3.05, 3.63) is 70.3 Å². The van der Waals surface area contributed by atoms with Crippen LogP contribution in [-0.4, -0.2) is 53.3 Å². The van der Waals surface area contributed by atoms with E-state index >= 15 is 0 Å². The first-order valence-corrected chi connectivity index (χ1v) is 15.4. The van der Waals surface area contributed by atoms with Crippen molar-refractivity contribution in [3.63, 3.8) is 0 Å². The number of carbonyl (C=O) groups excluding carboxylic acids is 1. The molecule has 0 radical (unpaired) electrons. The van der Waals surface area contributed by atoms with Crippen LogP contribution in [0.2, 0.25) is 5.02 Å². The summed E-state index contributed by atoms with van der Waals surface area (Å²) >= 11 is 7.61. The van der Waals surface area contributed by atoms with Gasteiger partial charge >= 0.3 is 0 Å². The van der Waals surface area contributed by atoms with Crippen LogP contribution in [0.5, 0.6) is 5.75 Å². The highest BCUT2D eigenvalue weighted by molar-refractivity contribution is 7.98. The van der Waals surface area contributed by atoms with Gasteiger partial charge < -0.3 is 19.8 Å². The van der Waals surface area contributed by atoms with E-state index in [9.17, 15) is 15.0 Å². The molecule has 6 rings (SSSR count). The van der Waals surface area contributed by atoms with E-state index in [1.807, 2.05) is 43.3 Å². The lowest BCUT2D eigenvalue weighted by molar-refractivity contribution is 0.0454. The first kappa shape index (κ1) is 27.0. The van der Waals surface area contributed by atoms with Crippen LogP contribution in [0.15, 0.2) is 48.6 Å². The summed E-state index contributed by atoms with van der Waals surface area (Å²) in [6, 6.07) is 12.0. The van der Waals surface area contributed by atoms with Crippen LogP contribution in [0.4, 0.5) is 5.69 Å². The zero-order valence-electron chi connectivity index (χ0n) is 22.3. The van der Waals surface area contributed by atoms with E-state index in [0.29, 0.717) is 24.5 Å². The minimum atomic E-state index is -0.621. The molecule has 8 heteroatoms. The standard InChI is InChI=1S/C31H37ClN2O4S/c1-19-27(35)5-2-6-28(36)24-10-7-22(24)16-34-17-31(13-3-4-20-14-23(32)9-11-25(20)31)18-38-29-12-8-21(15-26(29)34)30(37)33-39-19/h2,6,8-9,11-12,14-15,19,22,24,27-28,35-36H,3-5,7,10,13,16-18H2,1H3,(H,33,37)/b6-2-/t19-,22+,24-,27-,28+,31+/m1/s1. The summed E-state index contributed by atoms with van der Waals surface area (Å²) in [5.41, 5.74) is 3.93. The lowest BCUT2D eigenvalue weighted by Crippen LogP contribution is -2.49. The SMILES string of the molecule is C[C@H]1SNC(=O)c2ccc3c(c2)N(C[C@@H]2CC[C@H]2[C@@H](O)/C=C\C[C@H]1O)C[C@@]1(CCCc2cc(Cl)ccc21)CO3. The number of benzene rings is 2. The average molecular weight is 569 g/mol. The third-order valence-electron chi connectivity index (χ3n) is 9.26. The number of aryl methyl sites for hydroxylation is 1. The molecule has 1 spiro atoms. The average Bonchev–Trinajstić information content (AvgIpc) is 3.05. The molecule has 2 heterocycles. The summed E-state index contributed by atoms with van der Waals surface area (Å²) in [6.07, 6.45) is 8.17. The molecule has 6 nitrogen and oxygen atoms in total. The third-order valence-corrected chi connectivity index (χ3v) is 10.5. The maximum absolute atomic E-state index is 13.2. The molecule has 0 aromatic heterocycles. The van der Waals surface area contributed by atoms with Crippen LogP contribution in [0.25, 0.3) is 0 Å². The van der Waals surface area contributed by atoms with Gasteiger partial charge in [-0.2, -0.15) is 0 Å². The Kier molecular flexibility index (Phi) is 7.62. The second-order valence-electron chi connectivity index (χ2n) is 11.8. The van der Waals surface area contributed by atoms with Crippen molar-refractivity contribution in [2.75, 3.05) is 24.6 Å². The van der Waals surface area contributed by atoms with Gasteiger partial charge in [0, 0.05) is 34.3 Å².